The van der Waals surface area contributed by atoms with Crippen molar-refractivity contribution in [3.8, 4) is 5.75 Å². The molecule has 0 saturated carbocycles. The third-order valence-corrected chi connectivity index (χ3v) is 4.23. The van der Waals surface area contributed by atoms with Crippen LogP contribution in [0.5, 0.6) is 5.75 Å². The number of ether oxygens (including phenoxy) is 1. The minimum Gasteiger partial charge on any atom is -0.493 e. The first-order valence-electron chi connectivity index (χ1n) is 7.86. The molecule has 0 aliphatic carbocycles. The van der Waals surface area contributed by atoms with Gasteiger partial charge >= 0.3 is 0 Å². The number of hydrogen-bond acceptors (Lipinski definition) is 2. The van der Waals surface area contributed by atoms with Crippen molar-refractivity contribution in [2.45, 2.75) is 46.0 Å². The lowest BCUT2D eigenvalue weighted by Gasteiger charge is -2.31. The molecule has 116 valence electrons. The lowest BCUT2D eigenvalue weighted by molar-refractivity contribution is -0.130. The van der Waals surface area contributed by atoms with Gasteiger partial charge in [0.2, 0.25) is 5.91 Å². The minimum atomic E-state index is 0.0919. The van der Waals surface area contributed by atoms with E-state index in [0.717, 1.165) is 38.3 Å². The van der Waals surface area contributed by atoms with E-state index in [0.29, 0.717) is 5.92 Å². The van der Waals surface area contributed by atoms with E-state index in [1.807, 2.05) is 11.0 Å². The van der Waals surface area contributed by atoms with E-state index < -0.39 is 0 Å². The second-order valence-corrected chi connectivity index (χ2v) is 7.01. The Morgan fingerprint density at radius 1 is 1.24 bits per heavy atom. The molecule has 1 aliphatic heterocycles. The average molecular weight is 289 g/mol. The summed E-state index contributed by atoms with van der Waals surface area (Å²) in [5.41, 5.74) is 1.35. The molecule has 0 atom stereocenters. The Morgan fingerprint density at radius 3 is 2.43 bits per heavy atom. The Balaban J connectivity index is 1.91. The number of para-hydroxylation sites is 1. The van der Waals surface area contributed by atoms with Crippen LogP contribution in [0.15, 0.2) is 24.3 Å². The lowest BCUT2D eigenvalue weighted by Crippen LogP contribution is -2.38. The Kier molecular flexibility index (Phi) is 4.92. The summed E-state index contributed by atoms with van der Waals surface area (Å²) < 4.78 is 6.10. The van der Waals surface area contributed by atoms with E-state index in [1.54, 1.807) is 6.92 Å². The fourth-order valence-corrected chi connectivity index (χ4v) is 2.83. The molecule has 3 heteroatoms. The second-order valence-electron chi connectivity index (χ2n) is 7.01. The predicted molar refractivity (Wildman–Crippen MR) is 85.6 cm³/mol. The van der Waals surface area contributed by atoms with Gasteiger partial charge in [0.1, 0.15) is 5.75 Å². The van der Waals surface area contributed by atoms with Gasteiger partial charge in [-0.05, 0) is 35.8 Å². The van der Waals surface area contributed by atoms with Crippen molar-refractivity contribution in [2.24, 2.45) is 5.92 Å². The summed E-state index contributed by atoms with van der Waals surface area (Å²) in [6.45, 7) is 10.8. The summed E-state index contributed by atoms with van der Waals surface area (Å²) >= 11 is 0. The number of likely N-dealkylation sites (tertiary alicyclic amines) is 1. The fraction of sp³-hybridized carbons (Fsp3) is 0.611. The normalized spacial score (nSPS) is 16.9. The van der Waals surface area contributed by atoms with Crippen molar-refractivity contribution in [3.05, 3.63) is 29.8 Å². The monoisotopic (exact) mass is 289 g/mol. The molecule has 0 bridgehead atoms. The Bertz CT molecular complexity index is 482. The topological polar surface area (TPSA) is 29.5 Å². The highest BCUT2D eigenvalue weighted by Crippen LogP contribution is 2.31. The summed E-state index contributed by atoms with van der Waals surface area (Å²) in [7, 11) is 0. The molecule has 0 unspecified atom stereocenters. The molecule has 0 aromatic heterocycles. The number of nitrogens with zero attached hydrogens (tertiary/aromatic N) is 1. The Morgan fingerprint density at radius 2 is 1.86 bits per heavy atom. The molecule has 1 saturated heterocycles. The first-order valence-corrected chi connectivity index (χ1v) is 7.86. The van der Waals surface area contributed by atoms with Crippen LogP contribution in [-0.4, -0.2) is 30.5 Å². The van der Waals surface area contributed by atoms with Crippen LogP contribution >= 0.6 is 0 Å². The van der Waals surface area contributed by atoms with Gasteiger partial charge in [-0.25, -0.2) is 0 Å². The molecular formula is C18H27NO2. The van der Waals surface area contributed by atoms with E-state index >= 15 is 0 Å². The van der Waals surface area contributed by atoms with Gasteiger partial charge in [0.25, 0.3) is 0 Å². The third-order valence-electron chi connectivity index (χ3n) is 4.23. The molecule has 1 heterocycles. The van der Waals surface area contributed by atoms with Crippen molar-refractivity contribution in [1.82, 2.24) is 4.90 Å². The fourth-order valence-electron chi connectivity index (χ4n) is 2.83. The summed E-state index contributed by atoms with van der Waals surface area (Å²) in [4.78, 5) is 13.3. The molecule has 1 aromatic rings. The van der Waals surface area contributed by atoms with Gasteiger partial charge in [0, 0.05) is 20.0 Å². The van der Waals surface area contributed by atoms with Crippen LogP contribution in [0.3, 0.4) is 0 Å². The quantitative estimate of drug-likeness (QED) is 0.850. The van der Waals surface area contributed by atoms with Gasteiger partial charge in [-0.2, -0.15) is 0 Å². The van der Waals surface area contributed by atoms with Crippen LogP contribution in [0.2, 0.25) is 0 Å². The molecule has 3 nitrogen and oxygen atoms in total. The molecule has 1 amide bonds. The van der Waals surface area contributed by atoms with E-state index in [2.05, 4.69) is 39.0 Å². The predicted octanol–water partition coefficient (Wildman–Crippen LogP) is 3.62. The standard InChI is InChI=1S/C18H27NO2/c1-14(20)19-11-9-15(10-12-19)13-21-17-8-6-5-7-16(17)18(2,3)4/h5-8,15H,9-13H2,1-4H3. The zero-order chi connectivity index (χ0) is 15.5. The van der Waals surface area contributed by atoms with E-state index in [4.69, 9.17) is 4.74 Å². The number of rotatable bonds is 3. The Labute approximate surface area is 128 Å². The second kappa shape index (κ2) is 6.50. The van der Waals surface area contributed by atoms with Gasteiger partial charge in [0.15, 0.2) is 0 Å². The lowest BCUT2D eigenvalue weighted by atomic mass is 9.86. The van der Waals surface area contributed by atoms with Crippen LogP contribution < -0.4 is 4.74 Å². The van der Waals surface area contributed by atoms with Gasteiger partial charge in [-0.15, -0.1) is 0 Å². The molecule has 0 spiro atoms. The van der Waals surface area contributed by atoms with Crippen molar-refractivity contribution in [2.75, 3.05) is 19.7 Å². The molecular weight excluding hydrogens is 262 g/mol. The highest BCUT2D eigenvalue weighted by atomic mass is 16.5. The first-order chi connectivity index (χ1) is 9.88. The largest absolute Gasteiger partial charge is 0.493 e. The minimum absolute atomic E-state index is 0.0919. The number of hydrogen-bond donors (Lipinski definition) is 0. The van der Waals surface area contributed by atoms with Crippen LogP contribution in [0, 0.1) is 5.92 Å². The number of amides is 1. The van der Waals surface area contributed by atoms with Gasteiger partial charge in [0.05, 0.1) is 6.61 Å². The SMILES string of the molecule is CC(=O)N1CCC(COc2ccccc2C(C)(C)C)CC1. The van der Waals surface area contributed by atoms with E-state index in [9.17, 15) is 4.79 Å². The van der Waals surface area contributed by atoms with Gasteiger partial charge < -0.3 is 9.64 Å². The van der Waals surface area contributed by atoms with Crippen LogP contribution in [0.1, 0.15) is 46.1 Å². The smallest absolute Gasteiger partial charge is 0.219 e. The molecule has 0 radical (unpaired) electrons. The van der Waals surface area contributed by atoms with E-state index in [1.165, 1.54) is 5.56 Å². The third kappa shape index (κ3) is 4.23. The average Bonchev–Trinajstić information content (AvgIpc) is 2.45. The van der Waals surface area contributed by atoms with E-state index in [-0.39, 0.29) is 11.3 Å². The van der Waals surface area contributed by atoms with Crippen molar-refractivity contribution in [1.29, 1.82) is 0 Å². The number of benzene rings is 1. The summed E-state index contributed by atoms with van der Waals surface area (Å²) in [5.74, 6) is 1.74. The maximum absolute atomic E-state index is 11.3. The van der Waals surface area contributed by atoms with Crippen LogP contribution in [0.4, 0.5) is 0 Å². The maximum atomic E-state index is 11.3. The molecule has 1 fully saturated rings. The molecule has 21 heavy (non-hydrogen) atoms. The first kappa shape index (κ1) is 15.9. The zero-order valence-electron chi connectivity index (χ0n) is 13.7. The highest BCUT2D eigenvalue weighted by molar-refractivity contribution is 5.73. The molecule has 0 N–H and O–H groups in total. The van der Waals surface area contributed by atoms with Crippen molar-refractivity contribution in [3.63, 3.8) is 0 Å². The Hall–Kier alpha value is -1.51. The van der Waals surface area contributed by atoms with Crippen LogP contribution in [0.25, 0.3) is 0 Å². The molecule has 1 aromatic carbocycles. The number of piperidine rings is 1. The zero-order valence-corrected chi connectivity index (χ0v) is 13.7. The summed E-state index contributed by atoms with van der Waals surface area (Å²) in [6.07, 6.45) is 2.08. The highest BCUT2D eigenvalue weighted by Gasteiger charge is 2.23. The maximum Gasteiger partial charge on any atom is 0.219 e. The van der Waals surface area contributed by atoms with Crippen molar-refractivity contribution >= 4 is 5.91 Å². The summed E-state index contributed by atoms with van der Waals surface area (Å²) in [5, 5.41) is 0. The molecule has 1 aliphatic rings. The summed E-state index contributed by atoms with van der Waals surface area (Å²) in [6, 6.07) is 8.31. The molecule has 2 rings (SSSR count). The van der Waals surface area contributed by atoms with Crippen LogP contribution in [-0.2, 0) is 10.2 Å². The van der Waals surface area contributed by atoms with Gasteiger partial charge in [-0.1, -0.05) is 39.0 Å². The number of carbonyl (C=O) groups excluding carboxylic acids is 1. The van der Waals surface area contributed by atoms with Crippen molar-refractivity contribution < 1.29 is 9.53 Å². The van der Waals surface area contributed by atoms with Gasteiger partial charge in [-0.3, -0.25) is 4.79 Å². The number of carbonyl (C=O) groups is 1.